The number of hydrogen-bond acceptors (Lipinski definition) is 14. The van der Waals surface area contributed by atoms with Crippen molar-refractivity contribution in [2.24, 2.45) is 27.1 Å². The highest BCUT2D eigenvalue weighted by Crippen LogP contribution is 2.34. The molecule has 6 atom stereocenters. The second kappa shape index (κ2) is 75.6. The average molecular weight is 2050 g/mol. The summed E-state index contributed by atoms with van der Waals surface area (Å²) in [6, 6.07) is 56.5. The van der Waals surface area contributed by atoms with Crippen LogP contribution >= 0.6 is 47.8 Å². The lowest BCUT2D eigenvalue weighted by molar-refractivity contribution is -0.158. The number of halogens is 3. The number of carbonyl (C=O) groups excluding carboxylic acids is 5. The molecule has 1 aliphatic rings. The first kappa shape index (κ1) is 155. The van der Waals surface area contributed by atoms with Gasteiger partial charge < -0.3 is 49.4 Å². The molecular formula is C113H196Br3NO15. The highest BCUT2D eigenvalue weighted by atomic mass is 79.9. The summed E-state index contributed by atoms with van der Waals surface area (Å²) >= 11 is 10.8. The molecule has 6 unspecified atom stereocenters. The lowest BCUT2D eigenvalue weighted by Gasteiger charge is -2.21. The second-order valence-electron chi connectivity index (χ2n) is 32.8. The lowest BCUT2D eigenvalue weighted by Crippen LogP contribution is -2.36. The first-order chi connectivity index (χ1) is 54.5. The molecule has 0 radical (unpaired) electrons. The Morgan fingerprint density at radius 3 is 1.02 bits per heavy atom. The van der Waals surface area contributed by atoms with E-state index in [-0.39, 0.29) is 186 Å². The number of esters is 4. The predicted molar refractivity (Wildman–Crippen MR) is 594 cm³/mol. The zero-order chi connectivity index (χ0) is 87.5. The summed E-state index contributed by atoms with van der Waals surface area (Å²) < 4.78 is 28.9. The summed E-state index contributed by atoms with van der Waals surface area (Å²) in [6.07, 6.45) is 5.71. The van der Waals surface area contributed by atoms with Crippen molar-refractivity contribution in [3.8, 4) is 0 Å². The highest BCUT2D eigenvalue weighted by Gasteiger charge is 2.32. The Kier molecular flexibility index (Phi) is 89.0. The average Bonchev–Trinajstić information content (AvgIpc) is 1.31. The quantitative estimate of drug-likeness (QED) is 0.0111. The van der Waals surface area contributed by atoms with Gasteiger partial charge in [0.25, 0.3) is 0 Å². The number of aliphatic hydroxyl groups is 3. The van der Waals surface area contributed by atoms with Gasteiger partial charge in [0.1, 0.15) is 45.4 Å². The number of epoxide rings is 1. The van der Waals surface area contributed by atoms with E-state index in [1.165, 1.54) is 81.7 Å². The Bertz CT molecular complexity index is 4410. The van der Waals surface area contributed by atoms with Crippen LogP contribution in [0.25, 0.3) is 53.9 Å². The minimum absolute atomic E-state index is 0. The van der Waals surface area contributed by atoms with E-state index in [2.05, 4.69) is 204 Å². The van der Waals surface area contributed by atoms with Crippen LogP contribution in [0, 0.1) is 27.1 Å². The summed E-state index contributed by atoms with van der Waals surface area (Å²) in [6.45, 7) is 43.4. The molecule has 0 aromatic heterocycles. The van der Waals surface area contributed by atoms with Gasteiger partial charge >= 0.3 is 29.8 Å². The third kappa shape index (κ3) is 50.8. The lowest BCUT2D eigenvalue weighted by atomic mass is 9.89. The zero-order valence-corrected chi connectivity index (χ0v) is 77.6. The van der Waals surface area contributed by atoms with Crippen LogP contribution in [-0.2, 0) is 47.7 Å². The summed E-state index contributed by atoms with van der Waals surface area (Å²) in [5.41, 5.74) is 2.46. The van der Waals surface area contributed by atoms with Crippen molar-refractivity contribution in [1.82, 2.24) is 5.32 Å². The molecule has 9 aromatic rings. The van der Waals surface area contributed by atoms with Crippen LogP contribution in [-0.4, -0.2) is 114 Å². The molecule has 19 heteroatoms. The van der Waals surface area contributed by atoms with Gasteiger partial charge in [0.05, 0.1) is 39.9 Å². The molecule has 0 bridgehead atoms. The maximum Gasteiger partial charge on any atom is 0.339 e. The molecule has 5 N–H and O–H groups in total. The van der Waals surface area contributed by atoms with E-state index in [1.54, 1.807) is 34.6 Å². The summed E-state index contributed by atoms with van der Waals surface area (Å²) in [5, 5.41) is 49.4. The van der Waals surface area contributed by atoms with Crippen molar-refractivity contribution >= 4 is 137 Å². The molecule has 764 valence electrons. The number of aliphatic hydroxyl groups excluding tert-OH is 3. The van der Waals surface area contributed by atoms with Crippen molar-refractivity contribution in [2.75, 3.05) is 39.8 Å². The van der Waals surface area contributed by atoms with Gasteiger partial charge in [-0.25, -0.2) is 4.79 Å². The van der Waals surface area contributed by atoms with Gasteiger partial charge in [-0.15, -0.1) is 0 Å². The van der Waals surface area contributed by atoms with E-state index in [1.807, 2.05) is 131 Å². The largest absolute Gasteiger partial charge is 0.481 e. The number of amides is 1. The molecular weight excluding hydrogens is 1850 g/mol. The topological polar surface area (TPSA) is 245 Å². The van der Waals surface area contributed by atoms with Gasteiger partial charge in [0.2, 0.25) is 5.91 Å². The van der Waals surface area contributed by atoms with Gasteiger partial charge in [-0.2, -0.15) is 0 Å². The van der Waals surface area contributed by atoms with Gasteiger partial charge in [-0.3, -0.25) is 24.0 Å². The van der Waals surface area contributed by atoms with E-state index in [0.29, 0.717) is 42.8 Å². The number of carboxylic acids is 1. The monoisotopic (exact) mass is 2040 g/mol. The fraction of sp³-hybridized carbons (Fsp3) is 0.558. The molecule has 16 nitrogen and oxygen atoms in total. The Labute approximate surface area is 834 Å². The Balaban J connectivity index is -0.000000102. The Morgan fingerprint density at radius 2 is 0.689 bits per heavy atom. The van der Waals surface area contributed by atoms with Crippen LogP contribution in [0.5, 0.6) is 0 Å². The highest BCUT2D eigenvalue weighted by molar-refractivity contribution is 9.11. The summed E-state index contributed by atoms with van der Waals surface area (Å²) in [5.74, 6) is -0.164. The third-order valence-corrected chi connectivity index (χ3v) is 23.7. The smallest absolute Gasteiger partial charge is 0.339 e. The Hall–Kier alpha value is -7.62. The normalized spacial score (nSPS) is 12.0. The standard InChI is InChI=1S/C24H26O5.3C14H15Br.C9H16O3.C9H18O3.C7H15NO2.C6H12O2.16CH4/c1-4-24(2,3)23(27)29-15-18(25)14-28-22(26)21-19-11-7-5-9-16(19)13-17-10-6-8-12-20(17)21;1-3-10(2)11-7-8-13-12(9-11)5-4-6-14(13)15;2*1-3-10(2)12-8-7-11-5-4-6-14(15)13(11)9-12;1-4-9(2,3)8(10)12-6-7-5-11-7;1-5-9(3,4)8(11)12-6-7(2)10;1-4-7(2,3)6(10)8-5-9;1-4-6(2,3)5(7)8;;;;;;;;;;;;;;;;/h5-13,18,25H,4,14-15H2,1-3H3;3*4-10H,3H2,1-2H3;7H,4-6H2,1-3H3;7,10H,5-6H2,1-4H3;9H,4-5H2,1-3H3,(H,8,10);4H2,1-3H3,(H,7,8);16*1H4. The van der Waals surface area contributed by atoms with E-state index in [9.17, 15) is 33.9 Å². The van der Waals surface area contributed by atoms with Crippen LogP contribution in [0.15, 0.2) is 177 Å². The minimum atomic E-state index is -1.09. The first-order valence-corrected chi connectivity index (χ1v) is 43.1. The molecule has 1 fully saturated rings. The molecule has 1 saturated heterocycles. The molecule has 0 aliphatic carbocycles. The number of fused-ring (bicyclic) bond motifs is 5. The molecule has 1 aliphatic heterocycles. The van der Waals surface area contributed by atoms with Crippen molar-refractivity contribution in [3.05, 3.63) is 199 Å². The molecule has 1 amide bonds. The number of aliphatic carboxylic acids is 1. The maximum atomic E-state index is 12.9. The number of rotatable bonds is 26. The summed E-state index contributed by atoms with van der Waals surface area (Å²) in [4.78, 5) is 68.8. The maximum absolute atomic E-state index is 12.9. The predicted octanol–water partition coefficient (Wildman–Crippen LogP) is 34.7. The summed E-state index contributed by atoms with van der Waals surface area (Å²) in [7, 11) is 0. The van der Waals surface area contributed by atoms with Crippen LogP contribution < -0.4 is 5.32 Å². The molecule has 132 heavy (non-hydrogen) atoms. The van der Waals surface area contributed by atoms with Gasteiger partial charge in [0.15, 0.2) is 0 Å². The number of hydrogen-bond donors (Lipinski definition) is 5. The number of carboxylic acid groups (broad SMARTS) is 1. The fourth-order valence-electron chi connectivity index (χ4n) is 10.3. The van der Waals surface area contributed by atoms with Crippen LogP contribution in [0.1, 0.15) is 367 Å². The van der Waals surface area contributed by atoms with Crippen LogP contribution in [0.4, 0.5) is 0 Å². The van der Waals surface area contributed by atoms with E-state index < -0.39 is 40.4 Å². The van der Waals surface area contributed by atoms with Gasteiger partial charge in [-0.05, 0) is 238 Å². The Morgan fingerprint density at radius 1 is 0.379 bits per heavy atom. The number of carbonyl (C=O) groups is 6. The molecule has 0 spiro atoms. The number of ether oxygens (including phenoxy) is 5. The van der Waals surface area contributed by atoms with Crippen molar-refractivity contribution in [1.29, 1.82) is 0 Å². The van der Waals surface area contributed by atoms with E-state index >= 15 is 0 Å². The third-order valence-electron chi connectivity index (χ3n) is 21.7. The van der Waals surface area contributed by atoms with Crippen LogP contribution in [0.2, 0.25) is 0 Å². The van der Waals surface area contributed by atoms with E-state index in [0.717, 1.165) is 47.4 Å². The molecule has 0 saturated carbocycles. The first-order valence-electron chi connectivity index (χ1n) is 40.7. The molecule has 1 heterocycles. The van der Waals surface area contributed by atoms with E-state index in [4.69, 9.17) is 39.0 Å². The van der Waals surface area contributed by atoms with Gasteiger partial charge in [0, 0.05) is 18.8 Å². The van der Waals surface area contributed by atoms with Crippen LogP contribution in [0.3, 0.4) is 0 Å². The second-order valence-corrected chi connectivity index (χ2v) is 35.4. The van der Waals surface area contributed by atoms with Crippen molar-refractivity contribution in [2.45, 2.75) is 359 Å². The molecule has 9 aromatic carbocycles. The van der Waals surface area contributed by atoms with Crippen molar-refractivity contribution in [3.63, 3.8) is 0 Å². The SMILES string of the molecule is C.C.C.C.C.C.C.C.C.C.C.C.C.C.C.C.CCC(C)(C)C(=O)NCO.CCC(C)(C)C(=O)O.CCC(C)(C)C(=O)OCC(C)O.CCC(C)(C)C(=O)OCC(O)COC(=O)c1c2ccccc2cc2ccccc12.CCC(C)(C)C(=O)OCC1CO1.CCC(C)c1ccc2c(Br)cccc2c1.CCC(C)c1ccc2cccc(Br)c2c1.CCC(C)c1ccc2cccc(Br)c2c1. The van der Waals surface area contributed by atoms with Crippen molar-refractivity contribution < 1.29 is 72.9 Å². The minimum Gasteiger partial charge on any atom is -0.481 e. The zero-order valence-electron chi connectivity index (χ0n) is 72.9. The van der Waals surface area contributed by atoms with Gasteiger partial charge in [-0.1, -0.05) is 384 Å². The number of nitrogens with one attached hydrogen (secondary N) is 1. The molecule has 10 rings (SSSR count). The number of benzene rings is 9. The fourth-order valence-corrected chi connectivity index (χ4v) is 11.8.